The molecule has 0 aliphatic rings. The number of hydrogen-bond donors (Lipinski definition) is 3. The minimum Gasteiger partial charge on any atom is -0.343 e. The number of sulfonamides is 1. The Labute approximate surface area is 169 Å². The molecule has 2 aromatic rings. The molecule has 2 aromatic carbocycles. The largest absolute Gasteiger partial charge is 0.343 e. The Morgan fingerprint density at radius 3 is 2.41 bits per heavy atom. The van der Waals surface area contributed by atoms with Crippen molar-refractivity contribution in [2.24, 2.45) is 0 Å². The van der Waals surface area contributed by atoms with E-state index in [9.17, 15) is 22.4 Å². The topological polar surface area (TPSA) is 104 Å². The number of benzene rings is 2. The number of carbonyl (C=O) groups is 2. The normalized spacial score (nSPS) is 11.0. The van der Waals surface area contributed by atoms with Crippen LogP contribution in [0.1, 0.15) is 21.5 Å². The minimum atomic E-state index is -4.15. The molecule has 2 amide bonds. The first-order valence-corrected chi connectivity index (χ1v) is 10.2. The van der Waals surface area contributed by atoms with Crippen LogP contribution in [0.4, 0.5) is 10.1 Å². The van der Waals surface area contributed by atoms with E-state index in [1.165, 1.54) is 6.08 Å². The van der Waals surface area contributed by atoms with Gasteiger partial charge in [-0.1, -0.05) is 24.3 Å². The van der Waals surface area contributed by atoms with Gasteiger partial charge in [0.15, 0.2) is 0 Å². The van der Waals surface area contributed by atoms with Gasteiger partial charge >= 0.3 is 0 Å². The van der Waals surface area contributed by atoms with Crippen molar-refractivity contribution in [2.45, 2.75) is 18.7 Å². The fraction of sp³-hybridized carbons (Fsp3) is 0.200. The van der Waals surface area contributed by atoms with E-state index < -0.39 is 32.6 Å². The monoisotopic (exact) mass is 419 g/mol. The van der Waals surface area contributed by atoms with E-state index in [1.807, 2.05) is 32.0 Å². The van der Waals surface area contributed by atoms with Gasteiger partial charge < -0.3 is 10.6 Å². The summed E-state index contributed by atoms with van der Waals surface area (Å²) >= 11 is 0. The summed E-state index contributed by atoms with van der Waals surface area (Å²) in [7, 11) is -4.15. The molecule has 0 spiro atoms. The summed E-state index contributed by atoms with van der Waals surface area (Å²) < 4.78 is 40.3. The molecule has 29 heavy (non-hydrogen) atoms. The molecule has 0 fully saturated rings. The van der Waals surface area contributed by atoms with E-state index in [2.05, 4.69) is 21.9 Å². The van der Waals surface area contributed by atoms with Crippen molar-refractivity contribution in [3.63, 3.8) is 0 Å². The molecule has 154 valence electrons. The van der Waals surface area contributed by atoms with Gasteiger partial charge in [0, 0.05) is 17.8 Å². The van der Waals surface area contributed by atoms with Crippen molar-refractivity contribution >= 4 is 27.5 Å². The summed E-state index contributed by atoms with van der Waals surface area (Å²) in [6.45, 7) is 6.66. The van der Waals surface area contributed by atoms with E-state index >= 15 is 0 Å². The van der Waals surface area contributed by atoms with Crippen molar-refractivity contribution in [2.75, 3.05) is 18.4 Å². The molecule has 3 N–H and O–H groups in total. The Morgan fingerprint density at radius 1 is 1.14 bits per heavy atom. The van der Waals surface area contributed by atoms with Gasteiger partial charge in [0.05, 0.1) is 6.54 Å². The Hall–Kier alpha value is -3.04. The Balaban J connectivity index is 2.08. The van der Waals surface area contributed by atoms with Crippen molar-refractivity contribution in [1.29, 1.82) is 0 Å². The lowest BCUT2D eigenvalue weighted by Crippen LogP contribution is -2.33. The number of aryl methyl sites for hydroxylation is 2. The Kier molecular flexibility index (Phi) is 7.24. The fourth-order valence-corrected chi connectivity index (χ4v) is 3.65. The van der Waals surface area contributed by atoms with Gasteiger partial charge in [-0.2, -0.15) is 0 Å². The maximum Gasteiger partial charge on any atom is 0.251 e. The van der Waals surface area contributed by atoms with Crippen molar-refractivity contribution in [3.8, 4) is 0 Å². The highest BCUT2D eigenvalue weighted by molar-refractivity contribution is 7.89. The number of carbonyl (C=O) groups excluding carboxylic acids is 2. The first-order chi connectivity index (χ1) is 13.7. The van der Waals surface area contributed by atoms with Crippen molar-refractivity contribution in [3.05, 3.63) is 71.6 Å². The molecule has 9 heteroatoms. The number of nitrogens with one attached hydrogen (secondary N) is 3. The number of rotatable bonds is 8. The van der Waals surface area contributed by atoms with Gasteiger partial charge in [0.25, 0.3) is 5.91 Å². The van der Waals surface area contributed by atoms with E-state index in [1.54, 1.807) is 0 Å². The number of hydrogen-bond acceptors (Lipinski definition) is 4. The van der Waals surface area contributed by atoms with E-state index in [4.69, 9.17) is 0 Å². The average Bonchev–Trinajstić information content (AvgIpc) is 2.67. The third-order valence-electron chi connectivity index (χ3n) is 4.06. The molecule has 0 aromatic heterocycles. The number of para-hydroxylation sites is 1. The molecule has 7 nitrogen and oxygen atoms in total. The van der Waals surface area contributed by atoms with E-state index in [0.29, 0.717) is 5.69 Å². The van der Waals surface area contributed by atoms with E-state index in [0.717, 1.165) is 29.3 Å². The van der Waals surface area contributed by atoms with Crippen LogP contribution in [0, 0.1) is 19.7 Å². The van der Waals surface area contributed by atoms with Crippen molar-refractivity contribution in [1.82, 2.24) is 10.0 Å². The highest BCUT2D eigenvalue weighted by Crippen LogP contribution is 2.19. The zero-order valence-electron chi connectivity index (χ0n) is 16.1. The molecule has 0 radical (unpaired) electrons. The van der Waals surface area contributed by atoms with Crippen LogP contribution >= 0.6 is 0 Å². The van der Waals surface area contributed by atoms with Crippen LogP contribution in [0.25, 0.3) is 0 Å². The molecule has 0 saturated heterocycles. The lowest BCUT2D eigenvalue weighted by Gasteiger charge is -2.12. The maximum atomic E-state index is 13.9. The van der Waals surface area contributed by atoms with Gasteiger partial charge in [-0.15, -0.1) is 6.58 Å². The van der Waals surface area contributed by atoms with Gasteiger partial charge in [0.2, 0.25) is 15.9 Å². The zero-order valence-corrected chi connectivity index (χ0v) is 16.9. The quantitative estimate of drug-likeness (QED) is 0.571. The molecular formula is C20H22FN3O4S. The Bertz CT molecular complexity index is 1030. The Morgan fingerprint density at radius 2 is 1.79 bits per heavy atom. The second-order valence-corrected chi connectivity index (χ2v) is 8.02. The molecule has 0 unspecified atom stereocenters. The van der Waals surface area contributed by atoms with Crippen LogP contribution in [0.15, 0.2) is 53.9 Å². The summed E-state index contributed by atoms with van der Waals surface area (Å²) in [6, 6.07) is 8.50. The standard InChI is InChI=1S/C20H22FN3O4S/c1-4-10-23-29(27,28)17-11-15(8-9-16(17)21)20(26)22-12-18(25)24-19-13(2)6-5-7-14(19)3/h4-9,11,23H,1,10,12H2,2-3H3,(H,22,26)(H,24,25). The highest BCUT2D eigenvalue weighted by atomic mass is 32.2. The predicted octanol–water partition coefficient (Wildman–Crippen LogP) is 2.28. The summed E-state index contributed by atoms with van der Waals surface area (Å²) in [5.74, 6) is -2.15. The summed E-state index contributed by atoms with van der Waals surface area (Å²) in [6.07, 6.45) is 1.31. The van der Waals surface area contributed by atoms with Crippen LogP contribution in [-0.2, 0) is 14.8 Å². The van der Waals surface area contributed by atoms with Crippen molar-refractivity contribution < 1.29 is 22.4 Å². The molecule has 0 bridgehead atoms. The lowest BCUT2D eigenvalue weighted by atomic mass is 10.1. The van der Waals surface area contributed by atoms with Gasteiger partial charge in [-0.25, -0.2) is 17.5 Å². The predicted molar refractivity (Wildman–Crippen MR) is 109 cm³/mol. The molecule has 0 aliphatic carbocycles. The molecule has 2 rings (SSSR count). The van der Waals surface area contributed by atoms with Crippen LogP contribution in [-0.4, -0.2) is 33.3 Å². The summed E-state index contributed by atoms with van der Waals surface area (Å²) in [4.78, 5) is 23.8. The fourth-order valence-electron chi connectivity index (χ4n) is 2.55. The van der Waals surface area contributed by atoms with Crippen LogP contribution in [0.5, 0.6) is 0 Å². The van der Waals surface area contributed by atoms with Gasteiger partial charge in [-0.05, 0) is 43.2 Å². The molecule has 0 heterocycles. The van der Waals surface area contributed by atoms with E-state index in [-0.39, 0.29) is 18.7 Å². The molecule has 0 aliphatic heterocycles. The van der Waals surface area contributed by atoms with Crippen LogP contribution < -0.4 is 15.4 Å². The number of anilines is 1. The zero-order chi connectivity index (χ0) is 21.6. The number of halogens is 1. The maximum absolute atomic E-state index is 13.9. The smallest absolute Gasteiger partial charge is 0.251 e. The highest BCUT2D eigenvalue weighted by Gasteiger charge is 2.21. The average molecular weight is 419 g/mol. The summed E-state index contributed by atoms with van der Waals surface area (Å²) in [5, 5.41) is 5.12. The lowest BCUT2D eigenvalue weighted by molar-refractivity contribution is -0.115. The second-order valence-electron chi connectivity index (χ2n) is 6.28. The van der Waals surface area contributed by atoms with Crippen LogP contribution in [0.3, 0.4) is 0 Å². The van der Waals surface area contributed by atoms with Gasteiger partial charge in [-0.3, -0.25) is 9.59 Å². The third-order valence-corrected chi connectivity index (χ3v) is 5.49. The first-order valence-electron chi connectivity index (χ1n) is 8.70. The third kappa shape index (κ3) is 5.72. The van der Waals surface area contributed by atoms with Gasteiger partial charge in [0.1, 0.15) is 10.7 Å². The molecule has 0 atom stereocenters. The summed E-state index contributed by atoms with van der Waals surface area (Å²) in [5.41, 5.74) is 2.33. The van der Waals surface area contributed by atoms with Crippen LogP contribution in [0.2, 0.25) is 0 Å². The minimum absolute atomic E-state index is 0.0866. The first kappa shape index (κ1) is 22.3. The molecule has 0 saturated carbocycles. The second kappa shape index (κ2) is 9.44. The SMILES string of the molecule is C=CCNS(=O)(=O)c1cc(C(=O)NCC(=O)Nc2c(C)cccc2C)ccc1F. The molecular weight excluding hydrogens is 397 g/mol. The number of amides is 2.